The molecule has 84 valence electrons. The highest BCUT2D eigenvalue weighted by atomic mass is 32.2. The molecule has 0 saturated carbocycles. The molecule has 2 rings (SSSR count). The van der Waals surface area contributed by atoms with Gasteiger partial charge in [0.2, 0.25) is 0 Å². The maximum Gasteiger partial charge on any atom is 0.294 e. The predicted octanol–water partition coefficient (Wildman–Crippen LogP) is 2.65. The molecule has 0 atom stereocenters. The third kappa shape index (κ3) is 1.81. The molecule has 2 aromatic rings. The lowest BCUT2D eigenvalue weighted by Gasteiger charge is -2.08. The van der Waals surface area contributed by atoms with Gasteiger partial charge in [-0.05, 0) is 28.8 Å². The summed E-state index contributed by atoms with van der Waals surface area (Å²) in [6.07, 6.45) is 0.566. The van der Waals surface area contributed by atoms with E-state index >= 15 is 0 Å². The van der Waals surface area contributed by atoms with Gasteiger partial charge in [-0.1, -0.05) is 37.3 Å². The van der Waals surface area contributed by atoms with Crippen LogP contribution in [0.5, 0.6) is 0 Å². The Labute approximate surface area is 94.5 Å². The van der Waals surface area contributed by atoms with Crippen molar-refractivity contribution in [1.82, 2.24) is 0 Å². The molecule has 0 saturated heterocycles. The van der Waals surface area contributed by atoms with Crippen molar-refractivity contribution >= 4 is 20.9 Å². The first-order chi connectivity index (χ1) is 7.54. The molecular weight excluding hydrogens is 224 g/mol. The summed E-state index contributed by atoms with van der Waals surface area (Å²) in [4.78, 5) is 0.00806. The van der Waals surface area contributed by atoms with Gasteiger partial charge in [-0.25, -0.2) is 0 Å². The van der Waals surface area contributed by atoms with Crippen LogP contribution in [0.4, 0.5) is 0 Å². The zero-order valence-electron chi connectivity index (χ0n) is 8.84. The van der Waals surface area contributed by atoms with Crippen LogP contribution >= 0.6 is 0 Å². The van der Waals surface area contributed by atoms with E-state index in [1.54, 1.807) is 6.07 Å². The van der Waals surface area contributed by atoms with Gasteiger partial charge in [-0.2, -0.15) is 8.42 Å². The van der Waals surface area contributed by atoms with E-state index < -0.39 is 10.1 Å². The molecule has 16 heavy (non-hydrogen) atoms. The number of aryl methyl sites for hydroxylation is 1. The quantitative estimate of drug-likeness (QED) is 0.815. The highest BCUT2D eigenvalue weighted by molar-refractivity contribution is 7.85. The van der Waals surface area contributed by atoms with E-state index in [1.165, 1.54) is 6.07 Å². The molecule has 0 bridgehead atoms. The molecule has 0 unspecified atom stereocenters. The Morgan fingerprint density at radius 3 is 2.44 bits per heavy atom. The standard InChI is InChI=1S/C12H12O3S/c1-2-10-11-6-4-3-5-9(11)7-8-12(10)16(13,14)15/h3-8H,2H2,1H3,(H,13,14,15). The molecule has 0 radical (unpaired) electrons. The average Bonchev–Trinajstić information content (AvgIpc) is 2.26. The summed E-state index contributed by atoms with van der Waals surface area (Å²) < 4.78 is 31.6. The van der Waals surface area contributed by atoms with Gasteiger partial charge in [-0.15, -0.1) is 0 Å². The largest absolute Gasteiger partial charge is 0.294 e. The molecule has 0 aliphatic rings. The van der Waals surface area contributed by atoms with E-state index in [-0.39, 0.29) is 4.90 Å². The molecule has 0 aliphatic carbocycles. The summed E-state index contributed by atoms with van der Waals surface area (Å²) in [5, 5.41) is 1.85. The number of benzene rings is 2. The van der Waals surface area contributed by atoms with Crippen LogP contribution in [-0.4, -0.2) is 13.0 Å². The van der Waals surface area contributed by atoms with Crippen molar-refractivity contribution in [3.05, 3.63) is 42.0 Å². The van der Waals surface area contributed by atoms with Gasteiger partial charge in [0.1, 0.15) is 0 Å². The van der Waals surface area contributed by atoms with Crippen LogP contribution in [0.25, 0.3) is 10.8 Å². The summed E-state index contributed by atoms with van der Waals surface area (Å²) in [6.45, 7) is 1.87. The molecule has 1 N–H and O–H groups in total. The Morgan fingerprint density at radius 1 is 1.12 bits per heavy atom. The van der Waals surface area contributed by atoms with Gasteiger partial charge in [0.05, 0.1) is 4.90 Å². The van der Waals surface area contributed by atoms with Crippen molar-refractivity contribution in [2.75, 3.05) is 0 Å². The van der Waals surface area contributed by atoms with Gasteiger partial charge in [0, 0.05) is 0 Å². The number of fused-ring (bicyclic) bond motifs is 1. The number of rotatable bonds is 2. The van der Waals surface area contributed by atoms with Crippen LogP contribution in [-0.2, 0) is 16.5 Å². The molecule has 3 nitrogen and oxygen atoms in total. The summed E-state index contributed by atoms with van der Waals surface area (Å²) in [5.74, 6) is 0. The molecule has 0 aliphatic heterocycles. The van der Waals surface area contributed by atoms with E-state index in [2.05, 4.69) is 0 Å². The van der Waals surface area contributed by atoms with E-state index in [4.69, 9.17) is 4.55 Å². The number of hydrogen-bond donors (Lipinski definition) is 1. The fraction of sp³-hybridized carbons (Fsp3) is 0.167. The number of hydrogen-bond acceptors (Lipinski definition) is 2. The Hall–Kier alpha value is -1.39. The molecular formula is C12H12O3S. The van der Waals surface area contributed by atoms with Gasteiger partial charge in [0.15, 0.2) is 0 Å². The van der Waals surface area contributed by atoms with Crippen molar-refractivity contribution in [3.63, 3.8) is 0 Å². The van der Waals surface area contributed by atoms with Crippen LogP contribution in [0.15, 0.2) is 41.3 Å². The van der Waals surface area contributed by atoms with Crippen molar-refractivity contribution in [2.45, 2.75) is 18.2 Å². The Morgan fingerprint density at radius 2 is 1.81 bits per heavy atom. The topological polar surface area (TPSA) is 54.4 Å². The zero-order valence-corrected chi connectivity index (χ0v) is 9.66. The highest BCUT2D eigenvalue weighted by Gasteiger charge is 2.16. The van der Waals surface area contributed by atoms with Gasteiger partial charge in [-0.3, -0.25) is 4.55 Å². The molecule has 4 heteroatoms. The molecule has 0 aromatic heterocycles. The van der Waals surface area contributed by atoms with Gasteiger partial charge in [0.25, 0.3) is 10.1 Å². The summed E-state index contributed by atoms with van der Waals surface area (Å²) in [5.41, 5.74) is 0.667. The van der Waals surface area contributed by atoms with E-state index in [1.807, 2.05) is 31.2 Å². The minimum Gasteiger partial charge on any atom is -0.282 e. The van der Waals surface area contributed by atoms with Crippen LogP contribution in [0, 0.1) is 0 Å². The van der Waals surface area contributed by atoms with Crippen LogP contribution in [0.2, 0.25) is 0 Å². The first-order valence-corrected chi connectivity index (χ1v) is 6.46. The lowest BCUT2D eigenvalue weighted by Crippen LogP contribution is -2.03. The highest BCUT2D eigenvalue weighted by Crippen LogP contribution is 2.25. The second kappa shape index (κ2) is 3.88. The third-order valence-electron chi connectivity index (χ3n) is 2.63. The fourth-order valence-electron chi connectivity index (χ4n) is 1.92. The smallest absolute Gasteiger partial charge is 0.282 e. The zero-order chi connectivity index (χ0) is 11.8. The Balaban J connectivity index is 2.89. The molecule has 0 fully saturated rings. The molecule has 2 aromatic carbocycles. The molecule has 0 heterocycles. The van der Waals surface area contributed by atoms with Crippen molar-refractivity contribution in [1.29, 1.82) is 0 Å². The summed E-state index contributed by atoms with van der Waals surface area (Å²) >= 11 is 0. The molecule has 0 spiro atoms. The summed E-state index contributed by atoms with van der Waals surface area (Å²) in [7, 11) is -4.14. The Bertz CT molecular complexity index is 630. The molecule has 0 amide bonds. The lowest BCUT2D eigenvalue weighted by atomic mass is 10.0. The van der Waals surface area contributed by atoms with Gasteiger partial charge >= 0.3 is 0 Å². The minimum atomic E-state index is -4.14. The predicted molar refractivity (Wildman–Crippen MR) is 63.1 cm³/mol. The second-order valence-electron chi connectivity index (χ2n) is 3.59. The monoisotopic (exact) mass is 236 g/mol. The first kappa shape index (κ1) is 11.1. The summed E-state index contributed by atoms with van der Waals surface area (Å²) in [6, 6.07) is 10.7. The fourth-order valence-corrected chi connectivity index (χ4v) is 2.73. The van der Waals surface area contributed by atoms with Gasteiger partial charge < -0.3 is 0 Å². The third-order valence-corrected chi connectivity index (χ3v) is 3.57. The van der Waals surface area contributed by atoms with Crippen molar-refractivity contribution < 1.29 is 13.0 Å². The van der Waals surface area contributed by atoms with E-state index in [9.17, 15) is 8.42 Å². The second-order valence-corrected chi connectivity index (χ2v) is 4.98. The Kier molecular flexibility index (Phi) is 2.69. The van der Waals surface area contributed by atoms with Crippen LogP contribution in [0.1, 0.15) is 12.5 Å². The maximum atomic E-state index is 11.2. The maximum absolute atomic E-state index is 11.2. The minimum absolute atomic E-state index is 0.00806. The average molecular weight is 236 g/mol. The van der Waals surface area contributed by atoms with E-state index in [0.29, 0.717) is 12.0 Å². The normalized spacial score (nSPS) is 11.9. The van der Waals surface area contributed by atoms with Crippen molar-refractivity contribution in [2.24, 2.45) is 0 Å². The SMILES string of the molecule is CCc1c(S(=O)(=O)O)ccc2ccccc12. The van der Waals surface area contributed by atoms with Crippen molar-refractivity contribution in [3.8, 4) is 0 Å². The van der Waals surface area contributed by atoms with Crippen LogP contribution < -0.4 is 0 Å². The van der Waals surface area contributed by atoms with Crippen LogP contribution in [0.3, 0.4) is 0 Å². The first-order valence-electron chi connectivity index (χ1n) is 5.02. The van der Waals surface area contributed by atoms with E-state index in [0.717, 1.165) is 10.8 Å². The lowest BCUT2D eigenvalue weighted by molar-refractivity contribution is 0.482.